The molecule has 3 aromatic carbocycles. The molecule has 0 aromatic heterocycles. The minimum Gasteiger partial charge on any atom is -0.321 e. The Bertz CT molecular complexity index is 1170. The summed E-state index contributed by atoms with van der Waals surface area (Å²) in [7, 11) is -3.54. The van der Waals surface area contributed by atoms with Gasteiger partial charge in [-0.2, -0.15) is 0 Å². The zero-order chi connectivity index (χ0) is 21.0. The van der Waals surface area contributed by atoms with E-state index in [9.17, 15) is 23.3 Å². The molecule has 0 unspecified atom stereocenters. The zero-order valence-corrected chi connectivity index (χ0v) is 16.3. The van der Waals surface area contributed by atoms with Crippen molar-refractivity contribution in [3.05, 3.63) is 99.6 Å². The van der Waals surface area contributed by atoms with E-state index in [2.05, 4.69) is 5.32 Å². The third-order valence-corrected chi connectivity index (χ3v) is 6.10. The van der Waals surface area contributed by atoms with Crippen LogP contribution in [0, 0.1) is 17.0 Å². The Balaban J connectivity index is 1.82. The van der Waals surface area contributed by atoms with E-state index in [4.69, 9.17) is 0 Å². The summed E-state index contributed by atoms with van der Waals surface area (Å²) >= 11 is 0. The van der Waals surface area contributed by atoms with Gasteiger partial charge in [0.1, 0.15) is 0 Å². The molecule has 0 saturated heterocycles. The van der Waals surface area contributed by atoms with Crippen LogP contribution < -0.4 is 5.32 Å². The molecule has 0 atom stereocenters. The standard InChI is InChI=1S/C21H18N2O5S/c1-15-19(11-6-12-20(15)23(25)26)22-21(24)17-8-5-7-16(13-17)14-29(27,28)18-9-3-2-4-10-18/h2-13H,14H2,1H3,(H,22,24). The van der Waals surface area contributed by atoms with Gasteiger partial charge in [-0.1, -0.05) is 36.4 Å². The van der Waals surface area contributed by atoms with Gasteiger partial charge < -0.3 is 5.32 Å². The smallest absolute Gasteiger partial charge is 0.274 e. The van der Waals surface area contributed by atoms with Crippen molar-refractivity contribution in [2.24, 2.45) is 0 Å². The normalized spacial score (nSPS) is 11.1. The molecular formula is C21H18N2O5S. The number of hydrogen-bond donors (Lipinski definition) is 1. The molecule has 1 N–H and O–H groups in total. The van der Waals surface area contributed by atoms with Crippen LogP contribution in [-0.2, 0) is 15.6 Å². The molecular weight excluding hydrogens is 392 g/mol. The van der Waals surface area contributed by atoms with Crippen LogP contribution in [0.25, 0.3) is 0 Å². The first-order valence-corrected chi connectivity index (χ1v) is 10.4. The van der Waals surface area contributed by atoms with Gasteiger partial charge in [0, 0.05) is 11.6 Å². The number of nitro groups is 1. The molecule has 3 aromatic rings. The molecule has 0 radical (unpaired) electrons. The molecule has 0 fully saturated rings. The number of hydrogen-bond acceptors (Lipinski definition) is 5. The van der Waals surface area contributed by atoms with Crippen molar-refractivity contribution in [2.75, 3.05) is 5.32 Å². The van der Waals surface area contributed by atoms with Crippen LogP contribution in [-0.4, -0.2) is 19.2 Å². The van der Waals surface area contributed by atoms with Crippen molar-refractivity contribution >= 4 is 27.1 Å². The molecule has 29 heavy (non-hydrogen) atoms. The third-order valence-electron chi connectivity index (χ3n) is 4.40. The Morgan fingerprint density at radius 2 is 1.69 bits per heavy atom. The molecule has 148 valence electrons. The fraction of sp³-hybridized carbons (Fsp3) is 0.0952. The number of nitrogens with one attached hydrogen (secondary N) is 1. The molecule has 0 aliphatic carbocycles. The number of carbonyl (C=O) groups excluding carboxylic acids is 1. The summed E-state index contributed by atoms with van der Waals surface area (Å²) in [5, 5.41) is 13.7. The second kappa shape index (κ2) is 8.24. The second-order valence-corrected chi connectivity index (χ2v) is 8.42. The number of anilines is 1. The number of amides is 1. The lowest BCUT2D eigenvalue weighted by Crippen LogP contribution is -2.14. The van der Waals surface area contributed by atoms with Crippen LogP contribution in [0.15, 0.2) is 77.7 Å². The second-order valence-electron chi connectivity index (χ2n) is 6.43. The maximum atomic E-state index is 12.6. The van der Waals surface area contributed by atoms with Crippen LogP contribution in [0.3, 0.4) is 0 Å². The lowest BCUT2D eigenvalue weighted by atomic mass is 10.1. The molecule has 0 heterocycles. The average molecular weight is 410 g/mol. The number of nitrogens with zero attached hydrogens (tertiary/aromatic N) is 1. The lowest BCUT2D eigenvalue weighted by molar-refractivity contribution is -0.385. The Hall–Kier alpha value is -3.52. The Kier molecular flexibility index (Phi) is 5.74. The van der Waals surface area contributed by atoms with Gasteiger partial charge in [-0.05, 0) is 42.8 Å². The van der Waals surface area contributed by atoms with E-state index in [1.807, 2.05) is 0 Å². The first-order chi connectivity index (χ1) is 13.8. The summed E-state index contributed by atoms with van der Waals surface area (Å²) in [6, 6.07) is 18.8. The van der Waals surface area contributed by atoms with Gasteiger partial charge in [0.05, 0.1) is 26.8 Å². The Morgan fingerprint density at radius 1 is 1.00 bits per heavy atom. The van der Waals surface area contributed by atoms with Gasteiger partial charge in [-0.3, -0.25) is 14.9 Å². The monoisotopic (exact) mass is 410 g/mol. The minimum atomic E-state index is -3.54. The molecule has 7 nitrogen and oxygen atoms in total. The summed E-state index contributed by atoms with van der Waals surface area (Å²) in [5.74, 6) is -0.721. The maximum Gasteiger partial charge on any atom is 0.274 e. The molecule has 3 rings (SSSR count). The highest BCUT2D eigenvalue weighted by atomic mass is 32.2. The highest BCUT2D eigenvalue weighted by Crippen LogP contribution is 2.25. The molecule has 0 spiro atoms. The van der Waals surface area contributed by atoms with E-state index in [1.165, 1.54) is 30.3 Å². The van der Waals surface area contributed by atoms with E-state index < -0.39 is 20.7 Å². The van der Waals surface area contributed by atoms with Crippen molar-refractivity contribution in [3.8, 4) is 0 Å². The van der Waals surface area contributed by atoms with E-state index in [1.54, 1.807) is 49.4 Å². The topological polar surface area (TPSA) is 106 Å². The van der Waals surface area contributed by atoms with Gasteiger partial charge >= 0.3 is 0 Å². The predicted octanol–water partition coefficient (Wildman–Crippen LogP) is 4.13. The zero-order valence-electron chi connectivity index (χ0n) is 15.5. The van der Waals surface area contributed by atoms with Crippen molar-refractivity contribution in [1.29, 1.82) is 0 Å². The Labute approximate surface area is 168 Å². The first-order valence-electron chi connectivity index (χ1n) is 8.70. The van der Waals surface area contributed by atoms with Gasteiger partial charge in [-0.15, -0.1) is 0 Å². The SMILES string of the molecule is Cc1c(NC(=O)c2cccc(CS(=O)(=O)c3ccccc3)c2)cccc1[N+](=O)[O-]. The number of carbonyl (C=O) groups is 1. The molecule has 0 aliphatic heterocycles. The van der Waals surface area contributed by atoms with Crippen LogP contribution in [0.5, 0.6) is 0 Å². The van der Waals surface area contributed by atoms with Gasteiger partial charge in [0.15, 0.2) is 9.84 Å². The summed E-state index contributed by atoms with van der Waals surface area (Å²) < 4.78 is 25.1. The van der Waals surface area contributed by atoms with E-state index in [0.29, 0.717) is 16.8 Å². The lowest BCUT2D eigenvalue weighted by Gasteiger charge is -2.10. The van der Waals surface area contributed by atoms with Gasteiger partial charge in [-0.25, -0.2) is 8.42 Å². The van der Waals surface area contributed by atoms with Crippen LogP contribution >= 0.6 is 0 Å². The summed E-state index contributed by atoms with van der Waals surface area (Å²) in [6.07, 6.45) is 0. The molecule has 0 bridgehead atoms. The van der Waals surface area contributed by atoms with Crippen molar-refractivity contribution in [2.45, 2.75) is 17.6 Å². The van der Waals surface area contributed by atoms with Crippen LogP contribution in [0.4, 0.5) is 11.4 Å². The summed E-state index contributed by atoms with van der Waals surface area (Å²) in [6.45, 7) is 1.55. The minimum absolute atomic E-state index is 0.0921. The van der Waals surface area contributed by atoms with E-state index in [0.717, 1.165) is 0 Å². The number of benzene rings is 3. The largest absolute Gasteiger partial charge is 0.321 e. The quantitative estimate of drug-likeness (QED) is 0.486. The van der Waals surface area contributed by atoms with Gasteiger partial charge in [0.25, 0.3) is 11.6 Å². The summed E-state index contributed by atoms with van der Waals surface area (Å²) in [4.78, 5) is 23.4. The molecule has 8 heteroatoms. The molecule has 0 saturated carbocycles. The number of nitro benzene ring substituents is 1. The number of rotatable bonds is 6. The molecule has 1 amide bonds. The van der Waals surface area contributed by atoms with E-state index >= 15 is 0 Å². The summed E-state index contributed by atoms with van der Waals surface area (Å²) in [5.41, 5.74) is 1.31. The maximum absolute atomic E-state index is 12.6. The highest BCUT2D eigenvalue weighted by molar-refractivity contribution is 7.90. The van der Waals surface area contributed by atoms with Crippen LogP contribution in [0.2, 0.25) is 0 Å². The van der Waals surface area contributed by atoms with Crippen molar-refractivity contribution in [3.63, 3.8) is 0 Å². The predicted molar refractivity (Wildman–Crippen MR) is 110 cm³/mol. The van der Waals surface area contributed by atoms with Gasteiger partial charge in [0.2, 0.25) is 0 Å². The fourth-order valence-corrected chi connectivity index (χ4v) is 4.24. The van der Waals surface area contributed by atoms with E-state index in [-0.39, 0.29) is 21.9 Å². The first kappa shape index (κ1) is 20.2. The van der Waals surface area contributed by atoms with Crippen LogP contribution in [0.1, 0.15) is 21.5 Å². The number of sulfone groups is 1. The average Bonchev–Trinajstić information content (AvgIpc) is 2.70. The van der Waals surface area contributed by atoms with Crippen molar-refractivity contribution < 1.29 is 18.1 Å². The highest BCUT2D eigenvalue weighted by Gasteiger charge is 2.18. The Morgan fingerprint density at radius 3 is 2.38 bits per heavy atom. The fourth-order valence-electron chi connectivity index (χ4n) is 2.88. The van der Waals surface area contributed by atoms with Crippen molar-refractivity contribution in [1.82, 2.24) is 0 Å². The molecule has 0 aliphatic rings. The third kappa shape index (κ3) is 4.67.